The summed E-state index contributed by atoms with van der Waals surface area (Å²) in [6, 6.07) is 4.96. The molecule has 2 saturated carbocycles. The van der Waals surface area contributed by atoms with Gasteiger partial charge in [0.05, 0.1) is 24.0 Å². The fraction of sp³-hybridized carbons (Fsp3) is 0.750. The van der Waals surface area contributed by atoms with Crippen molar-refractivity contribution >= 4 is 0 Å². The topological polar surface area (TPSA) is 99.6 Å². The molecule has 4 nitrogen and oxygen atoms in total. The number of nitrogens with two attached hydrogens (primary N) is 2. The van der Waals surface area contributed by atoms with Gasteiger partial charge in [0.25, 0.3) is 0 Å². The average Bonchev–Trinajstić information content (AvgIpc) is 3.35. The molecule has 0 aromatic heterocycles. The number of nitriles is 2. The molecule has 0 spiro atoms. The monoisotopic (exact) mass is 384 g/mol. The van der Waals surface area contributed by atoms with Gasteiger partial charge in [0.1, 0.15) is 0 Å². The molecule has 4 unspecified atom stereocenters. The van der Waals surface area contributed by atoms with Crippen LogP contribution in [0.2, 0.25) is 0 Å². The van der Waals surface area contributed by atoms with Crippen molar-refractivity contribution in [2.24, 2.45) is 35.1 Å². The third-order valence-electron chi connectivity index (χ3n) is 6.54. The van der Waals surface area contributed by atoms with E-state index in [1.165, 1.54) is 11.1 Å². The summed E-state index contributed by atoms with van der Waals surface area (Å²) in [7, 11) is 0. The molecule has 0 aromatic rings. The first-order valence-corrected chi connectivity index (χ1v) is 11.1. The second-order valence-corrected chi connectivity index (χ2v) is 8.56. The summed E-state index contributed by atoms with van der Waals surface area (Å²) >= 11 is 0. The smallest absolute Gasteiger partial charge is 0.0700 e. The van der Waals surface area contributed by atoms with E-state index >= 15 is 0 Å². The largest absolute Gasteiger partial charge is 0.324 e. The average molecular weight is 385 g/mol. The fourth-order valence-corrected chi connectivity index (χ4v) is 3.80. The first kappa shape index (κ1) is 24.4. The standard InChI is InChI=1S/2C12H20N2/c2*1-3-9(2)12(14)7-10-5-4-6-11(10)8-13/h2*7,9,11-12H,3-6,14H2,1-2H3/b2*10-7+/t2*9-,11?,12?/m11/s1. The lowest BCUT2D eigenvalue weighted by atomic mass is 9.95. The van der Waals surface area contributed by atoms with E-state index in [4.69, 9.17) is 22.0 Å². The molecule has 2 aliphatic carbocycles. The summed E-state index contributed by atoms with van der Waals surface area (Å²) in [5.41, 5.74) is 14.6. The van der Waals surface area contributed by atoms with E-state index in [2.05, 4.69) is 52.0 Å². The highest BCUT2D eigenvalue weighted by Gasteiger charge is 2.22. The van der Waals surface area contributed by atoms with Gasteiger partial charge in [-0.1, -0.05) is 63.8 Å². The number of nitrogens with zero attached hydrogens (tertiary/aromatic N) is 2. The Hall–Kier alpha value is -1.62. The van der Waals surface area contributed by atoms with E-state index in [0.29, 0.717) is 11.8 Å². The molecular formula is C24H40N4. The number of hydrogen-bond acceptors (Lipinski definition) is 4. The normalized spacial score (nSPS) is 28.7. The van der Waals surface area contributed by atoms with Crippen molar-refractivity contribution in [3.63, 3.8) is 0 Å². The minimum Gasteiger partial charge on any atom is -0.324 e. The fourth-order valence-electron chi connectivity index (χ4n) is 3.80. The zero-order valence-electron chi connectivity index (χ0n) is 18.3. The number of allylic oxidation sites excluding steroid dienone is 2. The van der Waals surface area contributed by atoms with Gasteiger partial charge in [-0.15, -0.1) is 0 Å². The number of rotatable bonds is 6. The molecule has 0 radical (unpaired) electrons. The van der Waals surface area contributed by atoms with Crippen LogP contribution in [0.15, 0.2) is 23.3 Å². The Morgan fingerprint density at radius 1 is 0.857 bits per heavy atom. The maximum atomic E-state index is 8.91. The lowest BCUT2D eigenvalue weighted by molar-refractivity contribution is 0.499. The van der Waals surface area contributed by atoms with Gasteiger partial charge in [-0.05, 0) is 50.4 Å². The second-order valence-electron chi connectivity index (χ2n) is 8.56. The van der Waals surface area contributed by atoms with Crippen molar-refractivity contribution in [3.8, 4) is 12.1 Å². The van der Waals surface area contributed by atoms with E-state index in [-0.39, 0.29) is 23.9 Å². The molecular weight excluding hydrogens is 344 g/mol. The van der Waals surface area contributed by atoms with Gasteiger partial charge in [-0.3, -0.25) is 0 Å². The summed E-state index contributed by atoms with van der Waals surface area (Å²) in [5, 5.41) is 17.8. The molecule has 2 fully saturated rings. The van der Waals surface area contributed by atoms with Crippen LogP contribution in [-0.4, -0.2) is 12.1 Å². The molecule has 2 aliphatic rings. The van der Waals surface area contributed by atoms with E-state index < -0.39 is 0 Å². The molecule has 0 aromatic carbocycles. The minimum atomic E-state index is 0.129. The van der Waals surface area contributed by atoms with Crippen molar-refractivity contribution in [2.75, 3.05) is 0 Å². The Kier molecular flexibility index (Phi) is 11.1. The Morgan fingerprint density at radius 3 is 1.50 bits per heavy atom. The highest BCUT2D eigenvalue weighted by Crippen LogP contribution is 2.32. The Labute approximate surface area is 172 Å². The SMILES string of the molecule is CC[C@@H](C)C(N)/C=C1\CCCC1C#N.CC[C@@H](C)C(N)/C=C1\CCCC1C#N. The highest BCUT2D eigenvalue weighted by atomic mass is 14.6. The lowest BCUT2D eigenvalue weighted by Crippen LogP contribution is -2.26. The Bertz CT molecular complexity index is 553. The third kappa shape index (κ3) is 7.42. The Morgan fingerprint density at radius 2 is 1.21 bits per heavy atom. The van der Waals surface area contributed by atoms with E-state index in [1.807, 2.05) is 0 Å². The van der Waals surface area contributed by atoms with Crippen LogP contribution in [0.25, 0.3) is 0 Å². The van der Waals surface area contributed by atoms with Crippen LogP contribution in [0.1, 0.15) is 79.1 Å². The van der Waals surface area contributed by atoms with E-state index in [1.54, 1.807) is 0 Å². The first-order valence-electron chi connectivity index (χ1n) is 11.1. The van der Waals surface area contributed by atoms with Crippen molar-refractivity contribution < 1.29 is 0 Å². The quantitative estimate of drug-likeness (QED) is 0.613. The lowest BCUT2D eigenvalue weighted by Gasteiger charge is -2.16. The molecule has 28 heavy (non-hydrogen) atoms. The van der Waals surface area contributed by atoms with E-state index in [9.17, 15) is 0 Å². The third-order valence-corrected chi connectivity index (χ3v) is 6.54. The first-order chi connectivity index (χ1) is 13.4. The molecule has 6 atom stereocenters. The summed E-state index contributed by atoms with van der Waals surface area (Å²) in [4.78, 5) is 0. The van der Waals surface area contributed by atoms with Crippen LogP contribution >= 0.6 is 0 Å². The van der Waals surface area contributed by atoms with Crippen LogP contribution in [0, 0.1) is 46.3 Å². The predicted octanol–water partition coefficient (Wildman–Crippen LogP) is 5.22. The maximum absolute atomic E-state index is 8.91. The molecule has 0 bridgehead atoms. The molecule has 0 aliphatic heterocycles. The van der Waals surface area contributed by atoms with Crippen LogP contribution in [0.5, 0.6) is 0 Å². The molecule has 156 valence electrons. The highest BCUT2D eigenvalue weighted by molar-refractivity contribution is 5.21. The van der Waals surface area contributed by atoms with Gasteiger partial charge < -0.3 is 11.5 Å². The van der Waals surface area contributed by atoms with Crippen LogP contribution < -0.4 is 11.5 Å². The van der Waals surface area contributed by atoms with Crippen LogP contribution in [0.4, 0.5) is 0 Å². The van der Waals surface area contributed by atoms with Gasteiger partial charge >= 0.3 is 0 Å². The summed E-state index contributed by atoms with van der Waals surface area (Å²) in [6.07, 6.45) is 13.0. The molecule has 4 heteroatoms. The molecule has 2 rings (SSSR count). The van der Waals surface area contributed by atoms with Gasteiger partial charge in [-0.2, -0.15) is 10.5 Å². The van der Waals surface area contributed by atoms with Crippen molar-refractivity contribution in [2.45, 2.75) is 91.1 Å². The van der Waals surface area contributed by atoms with Gasteiger partial charge in [-0.25, -0.2) is 0 Å². The van der Waals surface area contributed by atoms with Gasteiger partial charge in [0.15, 0.2) is 0 Å². The second kappa shape index (κ2) is 12.8. The van der Waals surface area contributed by atoms with Gasteiger partial charge in [0, 0.05) is 12.1 Å². The van der Waals surface area contributed by atoms with Crippen molar-refractivity contribution in [3.05, 3.63) is 23.3 Å². The summed E-state index contributed by atoms with van der Waals surface area (Å²) in [6.45, 7) is 8.63. The molecule has 0 heterocycles. The molecule has 4 N–H and O–H groups in total. The minimum absolute atomic E-state index is 0.129. The van der Waals surface area contributed by atoms with Crippen LogP contribution in [0.3, 0.4) is 0 Å². The summed E-state index contributed by atoms with van der Waals surface area (Å²) in [5.74, 6) is 1.32. The summed E-state index contributed by atoms with van der Waals surface area (Å²) < 4.78 is 0. The maximum Gasteiger partial charge on any atom is 0.0700 e. The Balaban J connectivity index is 0.000000280. The number of hydrogen-bond donors (Lipinski definition) is 2. The zero-order valence-corrected chi connectivity index (χ0v) is 18.3. The van der Waals surface area contributed by atoms with Crippen LogP contribution in [-0.2, 0) is 0 Å². The predicted molar refractivity (Wildman–Crippen MR) is 117 cm³/mol. The van der Waals surface area contributed by atoms with Crippen molar-refractivity contribution in [1.82, 2.24) is 0 Å². The van der Waals surface area contributed by atoms with Gasteiger partial charge in [0.2, 0.25) is 0 Å². The zero-order chi connectivity index (χ0) is 21.1. The molecule has 0 saturated heterocycles. The van der Waals surface area contributed by atoms with Crippen molar-refractivity contribution in [1.29, 1.82) is 10.5 Å². The molecule has 0 amide bonds. The van der Waals surface area contributed by atoms with E-state index in [0.717, 1.165) is 51.4 Å².